The summed E-state index contributed by atoms with van der Waals surface area (Å²) in [6.07, 6.45) is 0.680. The third kappa shape index (κ3) is 4.67. The summed E-state index contributed by atoms with van der Waals surface area (Å²) in [5.41, 5.74) is 6.22. The molecule has 7 heteroatoms. The number of benzene rings is 1. The fraction of sp³-hybridized carbons (Fsp3) is 0.529. The van der Waals surface area contributed by atoms with Crippen LogP contribution in [0.5, 0.6) is 0 Å². The van der Waals surface area contributed by atoms with E-state index in [1.54, 1.807) is 4.90 Å². The average Bonchev–Trinajstić information content (AvgIpc) is 2.95. The summed E-state index contributed by atoms with van der Waals surface area (Å²) in [5.74, 6) is -0.452. The third-order valence-electron chi connectivity index (χ3n) is 4.14. The maximum Gasteiger partial charge on any atom is 0.319 e. The quantitative estimate of drug-likeness (QED) is 0.788. The smallest absolute Gasteiger partial charge is 0.319 e. The Labute approximate surface area is 141 Å². The molecule has 1 aliphatic heterocycles. The summed E-state index contributed by atoms with van der Waals surface area (Å²) in [4.78, 5) is 26.1. The van der Waals surface area contributed by atoms with Crippen LogP contribution in [0.15, 0.2) is 24.3 Å². The van der Waals surface area contributed by atoms with Gasteiger partial charge in [-0.25, -0.2) is 9.18 Å². The van der Waals surface area contributed by atoms with Gasteiger partial charge < -0.3 is 21.3 Å². The first-order chi connectivity index (χ1) is 11.2. The Balaban J connectivity index is 1.84. The van der Waals surface area contributed by atoms with Gasteiger partial charge in [-0.05, 0) is 36.1 Å². The molecule has 2 atom stereocenters. The number of urea groups is 1. The first-order valence-electron chi connectivity index (χ1n) is 8.04. The minimum Gasteiger partial charge on any atom is -0.339 e. The molecule has 2 rings (SSSR count). The first-order valence-corrected chi connectivity index (χ1v) is 8.04. The normalized spacial score (nSPS) is 19.0. The van der Waals surface area contributed by atoms with Gasteiger partial charge in [-0.1, -0.05) is 20.8 Å². The maximum absolute atomic E-state index is 12.8. The van der Waals surface area contributed by atoms with Crippen LogP contribution in [0, 0.1) is 11.2 Å². The van der Waals surface area contributed by atoms with Crippen molar-refractivity contribution in [1.82, 2.24) is 10.2 Å². The standard InChI is InChI=1S/C17H25FN4O2/c1-17(2,3)14(19)15(23)22-9-8-13(10-22)21-16(24)20-12-6-4-11(18)5-7-12/h4-7,13-14H,8-10,19H2,1-3H3,(H2,20,21,24)/t13?,14-/m1/s1. The van der Waals surface area contributed by atoms with Gasteiger partial charge in [-0.3, -0.25) is 4.79 Å². The van der Waals surface area contributed by atoms with Gasteiger partial charge in [0.2, 0.25) is 5.91 Å². The second-order valence-corrected chi connectivity index (χ2v) is 7.22. The lowest BCUT2D eigenvalue weighted by molar-refractivity contribution is -0.133. The molecule has 0 aliphatic carbocycles. The molecule has 1 fully saturated rings. The van der Waals surface area contributed by atoms with Crippen molar-refractivity contribution in [2.45, 2.75) is 39.3 Å². The number of rotatable bonds is 3. The van der Waals surface area contributed by atoms with Crippen molar-refractivity contribution < 1.29 is 14.0 Å². The van der Waals surface area contributed by atoms with E-state index in [0.29, 0.717) is 25.2 Å². The lowest BCUT2D eigenvalue weighted by Crippen LogP contribution is -2.50. The molecule has 1 aliphatic rings. The van der Waals surface area contributed by atoms with Crippen molar-refractivity contribution in [2.24, 2.45) is 11.1 Å². The van der Waals surface area contributed by atoms with Gasteiger partial charge in [0, 0.05) is 24.8 Å². The number of halogens is 1. The van der Waals surface area contributed by atoms with Crippen LogP contribution in [0.2, 0.25) is 0 Å². The molecular formula is C17H25FN4O2. The number of nitrogens with one attached hydrogen (secondary N) is 2. The molecule has 0 bridgehead atoms. The third-order valence-corrected chi connectivity index (χ3v) is 4.14. The van der Waals surface area contributed by atoms with Crippen LogP contribution in [0.25, 0.3) is 0 Å². The zero-order chi connectivity index (χ0) is 17.9. The topological polar surface area (TPSA) is 87.5 Å². The average molecular weight is 336 g/mol. The molecule has 132 valence electrons. The van der Waals surface area contributed by atoms with Crippen LogP contribution in [0.4, 0.5) is 14.9 Å². The predicted molar refractivity (Wildman–Crippen MR) is 91.0 cm³/mol. The van der Waals surface area contributed by atoms with E-state index < -0.39 is 6.04 Å². The van der Waals surface area contributed by atoms with E-state index in [1.807, 2.05) is 20.8 Å². The fourth-order valence-corrected chi connectivity index (χ4v) is 2.53. The lowest BCUT2D eigenvalue weighted by atomic mass is 9.86. The lowest BCUT2D eigenvalue weighted by Gasteiger charge is -2.29. The van der Waals surface area contributed by atoms with E-state index in [9.17, 15) is 14.0 Å². The summed E-state index contributed by atoms with van der Waals surface area (Å²) in [5, 5.41) is 5.47. The highest BCUT2D eigenvalue weighted by Crippen LogP contribution is 2.21. The van der Waals surface area contributed by atoms with E-state index in [0.717, 1.165) is 0 Å². The number of hydrogen-bond acceptors (Lipinski definition) is 3. The Morgan fingerprint density at radius 2 is 1.92 bits per heavy atom. The van der Waals surface area contributed by atoms with Gasteiger partial charge in [-0.2, -0.15) is 0 Å². The summed E-state index contributed by atoms with van der Waals surface area (Å²) >= 11 is 0. The Kier molecular flexibility index (Phi) is 5.43. The van der Waals surface area contributed by atoms with E-state index in [2.05, 4.69) is 10.6 Å². The summed E-state index contributed by atoms with van der Waals surface area (Å²) < 4.78 is 12.8. The van der Waals surface area contributed by atoms with Crippen LogP contribution in [-0.4, -0.2) is 42.0 Å². The fourth-order valence-electron chi connectivity index (χ4n) is 2.53. The summed E-state index contributed by atoms with van der Waals surface area (Å²) in [6.45, 7) is 6.80. The van der Waals surface area contributed by atoms with E-state index >= 15 is 0 Å². The van der Waals surface area contributed by atoms with Crippen LogP contribution in [0.1, 0.15) is 27.2 Å². The maximum atomic E-state index is 12.8. The van der Waals surface area contributed by atoms with Crippen molar-refractivity contribution in [3.8, 4) is 0 Å². The zero-order valence-corrected chi connectivity index (χ0v) is 14.3. The number of likely N-dealkylation sites (tertiary alicyclic amines) is 1. The Hall–Kier alpha value is -2.15. The molecule has 0 radical (unpaired) electrons. The molecule has 0 spiro atoms. The monoisotopic (exact) mass is 336 g/mol. The number of amides is 3. The second kappa shape index (κ2) is 7.17. The SMILES string of the molecule is CC(C)(C)[C@H](N)C(=O)N1CCC(NC(=O)Nc2ccc(F)cc2)C1. The van der Waals surface area contributed by atoms with Gasteiger partial charge in [0.1, 0.15) is 5.82 Å². The van der Waals surface area contributed by atoms with Gasteiger partial charge in [0.05, 0.1) is 6.04 Å². The molecular weight excluding hydrogens is 311 g/mol. The van der Waals surface area contributed by atoms with Gasteiger partial charge in [0.15, 0.2) is 0 Å². The molecule has 6 nitrogen and oxygen atoms in total. The molecule has 1 unspecified atom stereocenters. The van der Waals surface area contributed by atoms with Gasteiger partial charge in [-0.15, -0.1) is 0 Å². The Morgan fingerprint density at radius 3 is 2.50 bits per heavy atom. The predicted octanol–water partition coefficient (Wildman–Crippen LogP) is 1.92. The Morgan fingerprint density at radius 1 is 1.29 bits per heavy atom. The molecule has 0 aromatic heterocycles. The van der Waals surface area contributed by atoms with Crippen molar-refractivity contribution in [3.05, 3.63) is 30.1 Å². The molecule has 1 saturated heterocycles. The highest BCUT2D eigenvalue weighted by atomic mass is 19.1. The Bertz CT molecular complexity index is 598. The van der Waals surface area contributed by atoms with Crippen molar-refractivity contribution in [1.29, 1.82) is 0 Å². The number of hydrogen-bond donors (Lipinski definition) is 3. The summed E-state index contributed by atoms with van der Waals surface area (Å²) in [6, 6.07) is 4.47. The van der Waals surface area contributed by atoms with E-state index in [1.165, 1.54) is 24.3 Å². The van der Waals surface area contributed by atoms with Crippen LogP contribution in [-0.2, 0) is 4.79 Å². The van der Waals surface area contributed by atoms with Gasteiger partial charge in [0.25, 0.3) is 0 Å². The number of nitrogens with two attached hydrogens (primary N) is 1. The minimum absolute atomic E-state index is 0.0919. The zero-order valence-electron chi connectivity index (χ0n) is 14.3. The van der Waals surface area contributed by atoms with Crippen molar-refractivity contribution >= 4 is 17.6 Å². The van der Waals surface area contributed by atoms with Crippen molar-refractivity contribution in [2.75, 3.05) is 18.4 Å². The van der Waals surface area contributed by atoms with E-state index in [4.69, 9.17) is 5.73 Å². The molecule has 1 aromatic carbocycles. The highest BCUT2D eigenvalue weighted by molar-refractivity contribution is 5.89. The van der Waals surface area contributed by atoms with E-state index in [-0.39, 0.29) is 29.2 Å². The molecule has 0 saturated carbocycles. The van der Waals surface area contributed by atoms with Crippen LogP contribution in [0.3, 0.4) is 0 Å². The summed E-state index contributed by atoms with van der Waals surface area (Å²) in [7, 11) is 0. The molecule has 4 N–H and O–H groups in total. The van der Waals surface area contributed by atoms with Crippen LogP contribution >= 0.6 is 0 Å². The number of nitrogens with zero attached hydrogens (tertiary/aromatic N) is 1. The molecule has 24 heavy (non-hydrogen) atoms. The number of carbonyl (C=O) groups is 2. The molecule has 1 heterocycles. The minimum atomic E-state index is -0.565. The van der Waals surface area contributed by atoms with Gasteiger partial charge >= 0.3 is 6.03 Å². The van der Waals surface area contributed by atoms with Crippen LogP contribution < -0.4 is 16.4 Å². The highest BCUT2D eigenvalue weighted by Gasteiger charge is 2.35. The second-order valence-electron chi connectivity index (χ2n) is 7.22. The first kappa shape index (κ1) is 18.2. The van der Waals surface area contributed by atoms with Crippen molar-refractivity contribution in [3.63, 3.8) is 0 Å². The number of anilines is 1. The molecule has 1 aromatic rings. The molecule has 3 amide bonds. The largest absolute Gasteiger partial charge is 0.339 e. The number of carbonyl (C=O) groups excluding carboxylic acids is 2.